The molecule has 2 heterocycles. The van der Waals surface area contributed by atoms with Gasteiger partial charge in [0.25, 0.3) is 5.91 Å². The number of carbonyl (C=O) groups is 1. The van der Waals surface area contributed by atoms with Crippen LogP contribution in [0.15, 0.2) is 46.7 Å². The predicted molar refractivity (Wildman–Crippen MR) is 126 cm³/mol. The van der Waals surface area contributed by atoms with Gasteiger partial charge in [-0.3, -0.25) is 10.1 Å². The summed E-state index contributed by atoms with van der Waals surface area (Å²) in [6, 6.07) is 9.77. The van der Waals surface area contributed by atoms with Crippen molar-refractivity contribution >= 4 is 44.0 Å². The number of hydrogen-bond acceptors (Lipinski definition) is 6. The van der Waals surface area contributed by atoms with E-state index in [9.17, 15) is 13.2 Å². The van der Waals surface area contributed by atoms with Crippen LogP contribution in [0.2, 0.25) is 5.02 Å². The SMILES string of the molecule is CC(C)N(C)S(=O)(=O)c1ccc(Cl)c(C(=O)Nc2nc(-c3ccc4c(c3)CCO4)cs2)c1. The zero-order chi connectivity index (χ0) is 23.0. The van der Waals surface area contributed by atoms with Crippen LogP contribution in [-0.2, 0) is 16.4 Å². The number of ether oxygens (including phenoxy) is 1. The Bertz CT molecular complexity index is 1290. The molecule has 2 aromatic carbocycles. The maximum absolute atomic E-state index is 12.9. The lowest BCUT2D eigenvalue weighted by molar-refractivity contribution is 0.102. The molecule has 1 aliphatic heterocycles. The minimum absolute atomic E-state index is 0.00318. The number of carbonyl (C=O) groups excluding carboxylic acids is 1. The monoisotopic (exact) mass is 491 g/mol. The Morgan fingerprint density at radius 1 is 1.25 bits per heavy atom. The summed E-state index contributed by atoms with van der Waals surface area (Å²) in [7, 11) is -2.25. The van der Waals surface area contributed by atoms with Gasteiger partial charge in [-0.2, -0.15) is 4.31 Å². The third-order valence-corrected chi connectivity index (χ3v) is 8.41. The molecule has 0 atom stereocenters. The molecule has 1 amide bonds. The topological polar surface area (TPSA) is 88.6 Å². The quantitative estimate of drug-likeness (QED) is 0.540. The average Bonchev–Trinajstić information content (AvgIpc) is 3.41. The number of rotatable bonds is 6. The van der Waals surface area contributed by atoms with Crippen molar-refractivity contribution in [2.24, 2.45) is 0 Å². The Balaban J connectivity index is 1.56. The van der Waals surface area contributed by atoms with Crippen molar-refractivity contribution in [3.63, 3.8) is 0 Å². The minimum atomic E-state index is -3.75. The number of aromatic nitrogens is 1. The van der Waals surface area contributed by atoms with Crippen molar-refractivity contribution < 1.29 is 17.9 Å². The van der Waals surface area contributed by atoms with Crippen LogP contribution in [0.1, 0.15) is 29.8 Å². The fraction of sp³-hybridized carbons (Fsp3) is 0.273. The van der Waals surface area contributed by atoms with Crippen molar-refractivity contribution in [2.75, 3.05) is 19.0 Å². The molecule has 1 aromatic heterocycles. The molecular weight excluding hydrogens is 470 g/mol. The largest absolute Gasteiger partial charge is 0.493 e. The van der Waals surface area contributed by atoms with Gasteiger partial charge in [-0.25, -0.2) is 13.4 Å². The van der Waals surface area contributed by atoms with Crippen molar-refractivity contribution in [3.05, 3.63) is 57.9 Å². The van der Waals surface area contributed by atoms with E-state index in [0.29, 0.717) is 11.7 Å². The van der Waals surface area contributed by atoms with Gasteiger partial charge in [-0.15, -0.1) is 11.3 Å². The van der Waals surface area contributed by atoms with Crippen LogP contribution in [0.5, 0.6) is 5.75 Å². The van der Waals surface area contributed by atoms with E-state index in [-0.39, 0.29) is 21.5 Å². The van der Waals surface area contributed by atoms with Gasteiger partial charge in [0.05, 0.1) is 27.8 Å². The summed E-state index contributed by atoms with van der Waals surface area (Å²) in [5.74, 6) is 0.368. The van der Waals surface area contributed by atoms with Crippen LogP contribution in [0.25, 0.3) is 11.3 Å². The van der Waals surface area contributed by atoms with E-state index in [2.05, 4.69) is 10.3 Å². The summed E-state index contributed by atoms with van der Waals surface area (Å²) < 4.78 is 32.4. The minimum Gasteiger partial charge on any atom is -0.493 e. The van der Waals surface area contributed by atoms with Crippen LogP contribution >= 0.6 is 22.9 Å². The molecular formula is C22H22ClN3O4S2. The second-order valence-corrected chi connectivity index (χ2v) is 10.9. The Labute approximate surface area is 196 Å². The Kier molecular flexibility index (Phi) is 6.26. The van der Waals surface area contributed by atoms with Gasteiger partial charge in [0.15, 0.2) is 5.13 Å². The molecule has 0 saturated heterocycles. The highest BCUT2D eigenvalue weighted by molar-refractivity contribution is 7.89. The number of thiazole rings is 1. The summed E-state index contributed by atoms with van der Waals surface area (Å²) >= 11 is 7.49. The van der Waals surface area contributed by atoms with E-state index >= 15 is 0 Å². The number of benzene rings is 2. The van der Waals surface area contributed by atoms with E-state index in [1.165, 1.54) is 40.9 Å². The molecule has 0 aliphatic carbocycles. The average molecular weight is 492 g/mol. The molecule has 0 radical (unpaired) electrons. The van der Waals surface area contributed by atoms with Gasteiger partial charge in [0, 0.05) is 30.5 Å². The van der Waals surface area contributed by atoms with E-state index in [1.54, 1.807) is 13.8 Å². The van der Waals surface area contributed by atoms with Gasteiger partial charge >= 0.3 is 0 Å². The number of anilines is 1. The molecule has 0 bridgehead atoms. The first-order valence-corrected chi connectivity index (χ1v) is 12.7. The lowest BCUT2D eigenvalue weighted by atomic mass is 10.1. The van der Waals surface area contributed by atoms with Gasteiger partial charge in [-0.05, 0) is 55.8 Å². The highest BCUT2D eigenvalue weighted by Crippen LogP contribution is 2.32. The summed E-state index contributed by atoms with van der Waals surface area (Å²) in [4.78, 5) is 17.4. The number of sulfonamides is 1. The van der Waals surface area contributed by atoms with E-state index in [1.807, 2.05) is 23.6 Å². The molecule has 32 heavy (non-hydrogen) atoms. The number of nitrogens with one attached hydrogen (secondary N) is 1. The van der Waals surface area contributed by atoms with Crippen molar-refractivity contribution in [2.45, 2.75) is 31.2 Å². The first kappa shape index (κ1) is 22.7. The van der Waals surface area contributed by atoms with Gasteiger partial charge in [0.1, 0.15) is 5.75 Å². The standard InChI is InChI=1S/C22H22ClN3O4S2/c1-13(2)26(3)32(28,29)16-5-6-18(23)17(11-16)21(27)25-22-24-19(12-31-22)14-4-7-20-15(10-14)8-9-30-20/h4-7,10-13H,8-9H2,1-3H3,(H,24,25,27). The first-order chi connectivity index (χ1) is 15.2. The Morgan fingerprint density at radius 3 is 2.78 bits per heavy atom. The molecule has 4 rings (SSSR count). The number of nitrogens with zero attached hydrogens (tertiary/aromatic N) is 2. The molecule has 0 fully saturated rings. The van der Waals surface area contributed by atoms with Gasteiger partial charge in [0.2, 0.25) is 10.0 Å². The number of fused-ring (bicyclic) bond motifs is 1. The van der Waals surface area contributed by atoms with Crippen molar-refractivity contribution in [3.8, 4) is 17.0 Å². The summed E-state index contributed by atoms with van der Waals surface area (Å²) in [5, 5.41) is 5.13. The van der Waals surface area contributed by atoms with Crippen LogP contribution in [0.4, 0.5) is 5.13 Å². The van der Waals surface area contributed by atoms with Gasteiger partial charge in [-0.1, -0.05) is 11.6 Å². The lowest BCUT2D eigenvalue weighted by Gasteiger charge is -2.21. The summed E-state index contributed by atoms with van der Waals surface area (Å²) in [5.41, 5.74) is 2.88. The molecule has 1 N–H and O–H groups in total. The lowest BCUT2D eigenvalue weighted by Crippen LogP contribution is -2.33. The molecule has 0 spiro atoms. The summed E-state index contributed by atoms with van der Waals surface area (Å²) in [6.45, 7) is 4.23. The van der Waals surface area contributed by atoms with E-state index in [0.717, 1.165) is 29.0 Å². The van der Waals surface area contributed by atoms with Gasteiger partial charge < -0.3 is 4.74 Å². The predicted octanol–water partition coefficient (Wildman–Crippen LogP) is 4.68. The Hall–Kier alpha value is -2.46. The zero-order valence-corrected chi connectivity index (χ0v) is 20.1. The smallest absolute Gasteiger partial charge is 0.259 e. The van der Waals surface area contributed by atoms with Crippen LogP contribution in [0, 0.1) is 0 Å². The second-order valence-electron chi connectivity index (χ2n) is 7.67. The zero-order valence-electron chi connectivity index (χ0n) is 17.8. The maximum atomic E-state index is 12.9. The van der Waals surface area contributed by atoms with E-state index < -0.39 is 15.9 Å². The highest BCUT2D eigenvalue weighted by atomic mass is 35.5. The fourth-order valence-corrected chi connectivity index (χ4v) is 5.57. The maximum Gasteiger partial charge on any atom is 0.259 e. The molecule has 0 unspecified atom stereocenters. The normalized spacial score (nSPS) is 13.3. The molecule has 10 heteroatoms. The van der Waals surface area contributed by atoms with Crippen LogP contribution in [-0.4, -0.2) is 43.3 Å². The first-order valence-electron chi connectivity index (χ1n) is 9.97. The number of halogens is 1. The Morgan fingerprint density at radius 2 is 2.03 bits per heavy atom. The van der Waals surface area contributed by atoms with Crippen LogP contribution < -0.4 is 10.1 Å². The summed E-state index contributed by atoms with van der Waals surface area (Å²) in [6.07, 6.45) is 0.862. The van der Waals surface area contributed by atoms with Crippen molar-refractivity contribution in [1.29, 1.82) is 0 Å². The molecule has 7 nitrogen and oxygen atoms in total. The second kappa shape index (κ2) is 8.82. The highest BCUT2D eigenvalue weighted by Gasteiger charge is 2.25. The molecule has 168 valence electrons. The molecule has 1 aliphatic rings. The molecule has 0 saturated carbocycles. The van der Waals surface area contributed by atoms with E-state index in [4.69, 9.17) is 16.3 Å². The number of amides is 1. The third-order valence-electron chi connectivity index (χ3n) is 5.30. The number of hydrogen-bond donors (Lipinski definition) is 1. The van der Waals surface area contributed by atoms with Crippen LogP contribution in [0.3, 0.4) is 0 Å². The molecule has 3 aromatic rings. The van der Waals surface area contributed by atoms with Crippen molar-refractivity contribution in [1.82, 2.24) is 9.29 Å². The fourth-order valence-electron chi connectivity index (χ4n) is 3.26. The third kappa shape index (κ3) is 4.38.